The van der Waals surface area contributed by atoms with Gasteiger partial charge in [0.1, 0.15) is 11.9 Å². The lowest BCUT2D eigenvalue weighted by Crippen LogP contribution is -2.36. The van der Waals surface area contributed by atoms with Crippen LogP contribution in [0.5, 0.6) is 0 Å². The van der Waals surface area contributed by atoms with E-state index in [9.17, 15) is 9.67 Å². The second-order valence-electron chi connectivity index (χ2n) is 7.14. The van der Waals surface area contributed by atoms with Crippen LogP contribution in [-0.4, -0.2) is 10.9 Å². The lowest BCUT2D eigenvalue weighted by atomic mass is 10.1. The van der Waals surface area contributed by atoms with E-state index in [1.165, 1.54) is 0 Å². The number of anilines is 1. The van der Waals surface area contributed by atoms with E-state index >= 15 is 0 Å². The molecule has 2 unspecified atom stereocenters. The van der Waals surface area contributed by atoms with Gasteiger partial charge in [-0.1, -0.05) is 109 Å². The van der Waals surface area contributed by atoms with Crippen molar-refractivity contribution in [2.24, 2.45) is 0 Å². The highest BCUT2D eigenvalue weighted by Crippen LogP contribution is 2.53. The molecule has 0 spiro atoms. The van der Waals surface area contributed by atoms with E-state index in [2.05, 4.69) is 5.32 Å². The second-order valence-corrected chi connectivity index (χ2v) is 10.0. The fourth-order valence-electron chi connectivity index (χ4n) is 3.68. The summed E-state index contributed by atoms with van der Waals surface area (Å²) in [4.78, 5) is 0. The zero-order chi connectivity index (χ0) is 20.8. The summed E-state index contributed by atoms with van der Waals surface area (Å²) in [7, 11) is -3.28. The molecule has 4 aromatic carbocycles. The molecule has 0 aromatic heterocycles. The van der Waals surface area contributed by atoms with Crippen LogP contribution in [-0.2, 0) is 4.57 Å². The smallest absolute Gasteiger partial charge is 0.167 e. The average molecular weight is 413 g/mol. The fourth-order valence-corrected chi connectivity index (χ4v) is 6.75. The van der Waals surface area contributed by atoms with Crippen molar-refractivity contribution in [2.75, 3.05) is 5.32 Å². The number of benzene rings is 4. The van der Waals surface area contributed by atoms with Gasteiger partial charge in [0.15, 0.2) is 7.14 Å². The molecule has 0 saturated carbocycles. The number of hydrogen-bond acceptors (Lipinski definition) is 3. The minimum absolute atomic E-state index is 0.708. The number of aliphatic hydroxyl groups is 1. The maximum absolute atomic E-state index is 14.9. The van der Waals surface area contributed by atoms with Crippen molar-refractivity contribution >= 4 is 23.4 Å². The molecule has 0 heterocycles. The summed E-state index contributed by atoms with van der Waals surface area (Å²) in [5, 5.41) is 16.3. The molecule has 0 aliphatic heterocycles. The van der Waals surface area contributed by atoms with Gasteiger partial charge in [-0.15, -0.1) is 0 Å². The Morgan fingerprint density at radius 1 is 0.600 bits per heavy atom. The molecule has 4 aromatic rings. The van der Waals surface area contributed by atoms with Crippen LogP contribution in [0.2, 0.25) is 0 Å². The molecule has 4 heteroatoms. The number of para-hydroxylation sites is 1. The Bertz CT molecular complexity index is 1060. The van der Waals surface area contributed by atoms with Crippen LogP contribution in [0.15, 0.2) is 121 Å². The molecule has 0 aliphatic carbocycles. The highest BCUT2D eigenvalue weighted by atomic mass is 31.2. The standard InChI is InChI=1S/C26H24NO2P/c28-25(21-13-5-1-6-14-21)26(27-22-15-7-2-8-16-22)30(29,23-17-9-3-10-18-23)24-19-11-4-12-20-24/h1-20,25-28H. The topological polar surface area (TPSA) is 49.3 Å². The third kappa shape index (κ3) is 4.09. The Morgan fingerprint density at radius 3 is 1.47 bits per heavy atom. The SMILES string of the molecule is O=P(c1ccccc1)(c1ccccc1)C(Nc1ccccc1)C(O)c1ccccc1. The van der Waals surface area contributed by atoms with Crippen molar-refractivity contribution in [1.82, 2.24) is 0 Å². The maximum atomic E-state index is 14.9. The normalized spacial score (nSPS) is 13.4. The third-order valence-corrected chi connectivity index (χ3v) is 8.53. The van der Waals surface area contributed by atoms with Crippen LogP contribution >= 0.6 is 7.14 Å². The summed E-state index contributed by atoms with van der Waals surface area (Å²) in [6.07, 6.45) is -0.974. The monoisotopic (exact) mass is 413 g/mol. The lowest BCUT2D eigenvalue weighted by Gasteiger charge is -2.33. The molecular formula is C26H24NO2P. The quantitative estimate of drug-likeness (QED) is 0.411. The summed E-state index contributed by atoms with van der Waals surface area (Å²) in [5.74, 6) is -0.743. The molecule has 0 fully saturated rings. The van der Waals surface area contributed by atoms with E-state index in [1.807, 2.05) is 121 Å². The Kier molecular flexibility index (Phi) is 6.13. The summed E-state index contributed by atoms with van der Waals surface area (Å²) >= 11 is 0. The first-order valence-electron chi connectivity index (χ1n) is 9.95. The number of rotatable bonds is 7. The average Bonchev–Trinajstić information content (AvgIpc) is 2.84. The van der Waals surface area contributed by atoms with Crippen molar-refractivity contribution in [3.63, 3.8) is 0 Å². The Labute approximate surface area is 177 Å². The van der Waals surface area contributed by atoms with Crippen LogP contribution in [0.1, 0.15) is 11.7 Å². The molecule has 3 nitrogen and oxygen atoms in total. The third-order valence-electron chi connectivity index (χ3n) is 5.20. The zero-order valence-corrected chi connectivity index (χ0v) is 17.4. The molecule has 2 N–H and O–H groups in total. The Morgan fingerprint density at radius 2 is 1.00 bits per heavy atom. The zero-order valence-electron chi connectivity index (χ0n) is 16.5. The van der Waals surface area contributed by atoms with E-state index in [0.29, 0.717) is 10.6 Å². The lowest BCUT2D eigenvalue weighted by molar-refractivity contribution is 0.178. The summed E-state index contributed by atoms with van der Waals surface area (Å²) in [6, 6.07) is 37.9. The number of hydrogen-bond donors (Lipinski definition) is 2. The summed E-state index contributed by atoms with van der Waals surface area (Å²) in [6.45, 7) is 0. The minimum atomic E-state index is -3.28. The van der Waals surface area contributed by atoms with Gasteiger partial charge in [0.2, 0.25) is 0 Å². The van der Waals surface area contributed by atoms with E-state index < -0.39 is 19.0 Å². The van der Waals surface area contributed by atoms with Gasteiger partial charge in [0.05, 0.1) is 0 Å². The van der Waals surface area contributed by atoms with E-state index in [-0.39, 0.29) is 0 Å². The predicted octanol–water partition coefficient (Wildman–Crippen LogP) is 5.17. The predicted molar refractivity (Wildman–Crippen MR) is 125 cm³/mol. The van der Waals surface area contributed by atoms with Gasteiger partial charge >= 0.3 is 0 Å². The van der Waals surface area contributed by atoms with Gasteiger partial charge in [-0.2, -0.15) is 0 Å². The number of nitrogens with one attached hydrogen (secondary N) is 1. The molecule has 150 valence electrons. The first kappa shape index (κ1) is 20.2. The van der Waals surface area contributed by atoms with Crippen molar-refractivity contribution in [3.05, 3.63) is 127 Å². The Balaban J connectivity index is 1.90. The van der Waals surface area contributed by atoms with Gasteiger partial charge in [0, 0.05) is 16.3 Å². The molecule has 2 atom stereocenters. The highest BCUT2D eigenvalue weighted by Gasteiger charge is 2.41. The fraction of sp³-hybridized carbons (Fsp3) is 0.0769. The number of aliphatic hydroxyl groups excluding tert-OH is 1. The van der Waals surface area contributed by atoms with Gasteiger partial charge < -0.3 is 15.0 Å². The summed E-state index contributed by atoms with van der Waals surface area (Å²) < 4.78 is 14.9. The van der Waals surface area contributed by atoms with Crippen LogP contribution in [0.25, 0.3) is 0 Å². The van der Waals surface area contributed by atoms with Crippen LogP contribution in [0.4, 0.5) is 5.69 Å². The Hall–Kier alpha value is -3.13. The van der Waals surface area contributed by atoms with Crippen molar-refractivity contribution in [2.45, 2.75) is 11.9 Å². The van der Waals surface area contributed by atoms with Crippen LogP contribution < -0.4 is 15.9 Å². The first-order chi connectivity index (χ1) is 14.7. The van der Waals surface area contributed by atoms with Gasteiger partial charge in [-0.3, -0.25) is 0 Å². The van der Waals surface area contributed by atoms with Gasteiger partial charge in [-0.25, -0.2) is 0 Å². The van der Waals surface area contributed by atoms with E-state index in [4.69, 9.17) is 0 Å². The second kappa shape index (κ2) is 9.13. The molecule has 0 aliphatic rings. The maximum Gasteiger partial charge on any atom is 0.167 e. The molecule has 0 saturated heterocycles. The van der Waals surface area contributed by atoms with E-state index in [0.717, 1.165) is 11.3 Å². The van der Waals surface area contributed by atoms with Gasteiger partial charge in [-0.05, 0) is 17.7 Å². The van der Waals surface area contributed by atoms with Crippen molar-refractivity contribution in [3.8, 4) is 0 Å². The van der Waals surface area contributed by atoms with Crippen molar-refractivity contribution < 1.29 is 9.67 Å². The molecule has 0 bridgehead atoms. The van der Waals surface area contributed by atoms with Crippen LogP contribution in [0.3, 0.4) is 0 Å². The van der Waals surface area contributed by atoms with Gasteiger partial charge in [0.25, 0.3) is 0 Å². The first-order valence-corrected chi connectivity index (χ1v) is 11.7. The largest absolute Gasteiger partial charge is 0.386 e. The molecule has 0 amide bonds. The minimum Gasteiger partial charge on any atom is -0.386 e. The van der Waals surface area contributed by atoms with E-state index in [1.54, 1.807) is 0 Å². The molecule has 30 heavy (non-hydrogen) atoms. The molecule has 0 radical (unpaired) electrons. The molecular weight excluding hydrogens is 389 g/mol. The summed E-state index contributed by atoms with van der Waals surface area (Å²) in [5.41, 5.74) is 1.53. The molecule has 4 rings (SSSR count). The highest BCUT2D eigenvalue weighted by molar-refractivity contribution is 7.79. The van der Waals surface area contributed by atoms with Crippen molar-refractivity contribution in [1.29, 1.82) is 0 Å². The van der Waals surface area contributed by atoms with Crippen LogP contribution in [0, 0.1) is 0 Å².